The van der Waals surface area contributed by atoms with E-state index in [0.717, 1.165) is 25.2 Å². The summed E-state index contributed by atoms with van der Waals surface area (Å²) in [6.07, 6.45) is 5.52. The van der Waals surface area contributed by atoms with Crippen LogP contribution in [0, 0.1) is 11.8 Å². The van der Waals surface area contributed by atoms with E-state index in [0.29, 0.717) is 0 Å². The highest BCUT2D eigenvalue weighted by molar-refractivity contribution is 5.69. The molecule has 0 bridgehead atoms. The second-order valence-corrected chi connectivity index (χ2v) is 4.35. The van der Waals surface area contributed by atoms with E-state index in [1.54, 1.807) is 13.1 Å². The SMILES string of the molecule is CCCn1ccnc1CC(C)C(C)C(=O)O. The molecule has 4 nitrogen and oxygen atoms in total. The quantitative estimate of drug-likeness (QED) is 0.805. The van der Waals surface area contributed by atoms with Gasteiger partial charge in [-0.1, -0.05) is 20.8 Å². The monoisotopic (exact) mass is 224 g/mol. The standard InChI is InChI=1S/C12H20N2O2/c1-4-6-14-7-5-13-11(14)8-9(2)10(3)12(15)16/h5,7,9-10H,4,6,8H2,1-3H3,(H,15,16). The van der Waals surface area contributed by atoms with E-state index in [1.165, 1.54) is 0 Å². The van der Waals surface area contributed by atoms with Crippen molar-refractivity contribution < 1.29 is 9.90 Å². The van der Waals surface area contributed by atoms with Crippen LogP contribution in [-0.4, -0.2) is 20.6 Å². The number of aryl methyl sites for hydroxylation is 1. The van der Waals surface area contributed by atoms with Gasteiger partial charge in [-0.2, -0.15) is 0 Å². The van der Waals surface area contributed by atoms with Crippen LogP contribution in [0.4, 0.5) is 0 Å². The molecule has 16 heavy (non-hydrogen) atoms. The largest absolute Gasteiger partial charge is 0.481 e. The van der Waals surface area contributed by atoms with E-state index >= 15 is 0 Å². The lowest BCUT2D eigenvalue weighted by atomic mass is 9.93. The van der Waals surface area contributed by atoms with Crippen molar-refractivity contribution in [2.75, 3.05) is 0 Å². The van der Waals surface area contributed by atoms with E-state index in [4.69, 9.17) is 5.11 Å². The summed E-state index contributed by atoms with van der Waals surface area (Å²) in [6.45, 7) is 6.78. The molecule has 0 fully saturated rings. The number of carbonyl (C=O) groups is 1. The molecule has 0 spiro atoms. The Labute approximate surface area is 96.3 Å². The Hall–Kier alpha value is -1.32. The first-order valence-electron chi connectivity index (χ1n) is 5.79. The zero-order chi connectivity index (χ0) is 12.1. The number of carboxylic acids is 1. The third kappa shape index (κ3) is 3.08. The molecular formula is C12H20N2O2. The van der Waals surface area contributed by atoms with Crippen LogP contribution in [-0.2, 0) is 17.8 Å². The molecule has 0 aliphatic heterocycles. The molecule has 90 valence electrons. The predicted molar refractivity (Wildman–Crippen MR) is 62.2 cm³/mol. The molecule has 1 N–H and O–H groups in total. The van der Waals surface area contributed by atoms with Crippen LogP contribution in [0.3, 0.4) is 0 Å². The fourth-order valence-electron chi connectivity index (χ4n) is 1.68. The van der Waals surface area contributed by atoms with Crippen molar-refractivity contribution in [1.82, 2.24) is 9.55 Å². The number of rotatable bonds is 6. The molecule has 0 amide bonds. The minimum absolute atomic E-state index is 0.107. The van der Waals surface area contributed by atoms with Crippen LogP contribution in [0.1, 0.15) is 33.0 Å². The van der Waals surface area contributed by atoms with Gasteiger partial charge in [0.2, 0.25) is 0 Å². The molecule has 1 rings (SSSR count). The van der Waals surface area contributed by atoms with Crippen LogP contribution in [0.2, 0.25) is 0 Å². The average Bonchev–Trinajstić information content (AvgIpc) is 2.65. The summed E-state index contributed by atoms with van der Waals surface area (Å²) in [4.78, 5) is 15.1. The molecule has 0 aliphatic rings. The second-order valence-electron chi connectivity index (χ2n) is 4.35. The Morgan fingerprint density at radius 3 is 2.81 bits per heavy atom. The number of aliphatic carboxylic acids is 1. The average molecular weight is 224 g/mol. The first kappa shape index (κ1) is 12.7. The molecule has 0 saturated carbocycles. The van der Waals surface area contributed by atoms with Gasteiger partial charge < -0.3 is 9.67 Å². The number of imidazole rings is 1. The maximum Gasteiger partial charge on any atom is 0.306 e. The normalized spacial score (nSPS) is 14.7. The van der Waals surface area contributed by atoms with Gasteiger partial charge in [0, 0.05) is 25.4 Å². The van der Waals surface area contributed by atoms with E-state index in [1.807, 2.05) is 13.1 Å². The number of nitrogens with zero attached hydrogens (tertiary/aromatic N) is 2. The zero-order valence-electron chi connectivity index (χ0n) is 10.2. The minimum atomic E-state index is -0.735. The van der Waals surface area contributed by atoms with E-state index < -0.39 is 5.97 Å². The molecule has 4 heteroatoms. The lowest BCUT2D eigenvalue weighted by Crippen LogP contribution is -2.21. The van der Waals surface area contributed by atoms with Crippen molar-refractivity contribution in [2.24, 2.45) is 11.8 Å². The Morgan fingerprint density at radius 2 is 2.25 bits per heavy atom. The summed E-state index contributed by atoms with van der Waals surface area (Å²) >= 11 is 0. The highest BCUT2D eigenvalue weighted by Crippen LogP contribution is 2.16. The van der Waals surface area contributed by atoms with Crippen LogP contribution in [0.25, 0.3) is 0 Å². The van der Waals surface area contributed by atoms with Crippen LogP contribution >= 0.6 is 0 Å². The number of carboxylic acid groups (broad SMARTS) is 1. The van der Waals surface area contributed by atoms with Gasteiger partial charge in [0.1, 0.15) is 5.82 Å². The lowest BCUT2D eigenvalue weighted by Gasteiger charge is -2.16. The summed E-state index contributed by atoms with van der Waals surface area (Å²) in [5.74, 6) is 0.0332. The molecule has 2 unspecified atom stereocenters. The molecule has 0 aliphatic carbocycles. The Morgan fingerprint density at radius 1 is 1.56 bits per heavy atom. The van der Waals surface area contributed by atoms with Gasteiger partial charge in [0.25, 0.3) is 0 Å². The smallest absolute Gasteiger partial charge is 0.306 e. The summed E-state index contributed by atoms with van der Waals surface area (Å²) in [7, 11) is 0. The Bertz CT molecular complexity index is 347. The first-order valence-corrected chi connectivity index (χ1v) is 5.79. The van der Waals surface area contributed by atoms with E-state index in [2.05, 4.69) is 16.5 Å². The number of aromatic nitrogens is 2. The van der Waals surface area contributed by atoms with Crippen LogP contribution in [0.15, 0.2) is 12.4 Å². The summed E-state index contributed by atoms with van der Waals surface area (Å²) in [5.41, 5.74) is 0. The fraction of sp³-hybridized carbons (Fsp3) is 0.667. The van der Waals surface area contributed by atoms with Crippen molar-refractivity contribution in [3.8, 4) is 0 Å². The lowest BCUT2D eigenvalue weighted by molar-refractivity contribution is -0.142. The van der Waals surface area contributed by atoms with Gasteiger partial charge in [0.15, 0.2) is 0 Å². The van der Waals surface area contributed by atoms with Gasteiger partial charge in [-0.05, 0) is 12.3 Å². The molecule has 0 radical (unpaired) electrons. The van der Waals surface area contributed by atoms with Crippen molar-refractivity contribution in [1.29, 1.82) is 0 Å². The van der Waals surface area contributed by atoms with Crippen LogP contribution < -0.4 is 0 Å². The molecule has 2 atom stereocenters. The van der Waals surface area contributed by atoms with Gasteiger partial charge in [-0.3, -0.25) is 4.79 Å². The van der Waals surface area contributed by atoms with Gasteiger partial charge >= 0.3 is 5.97 Å². The van der Waals surface area contributed by atoms with Gasteiger partial charge in [0.05, 0.1) is 5.92 Å². The predicted octanol–water partition coefficient (Wildman–Crippen LogP) is 2.19. The third-order valence-electron chi connectivity index (χ3n) is 3.01. The molecule has 1 aromatic rings. The number of hydrogen-bond acceptors (Lipinski definition) is 2. The molecular weight excluding hydrogens is 204 g/mol. The molecule has 1 aromatic heterocycles. The maximum atomic E-state index is 10.9. The topological polar surface area (TPSA) is 55.1 Å². The van der Waals surface area contributed by atoms with Crippen molar-refractivity contribution in [3.63, 3.8) is 0 Å². The molecule has 0 aromatic carbocycles. The molecule has 0 saturated heterocycles. The minimum Gasteiger partial charge on any atom is -0.481 e. The third-order valence-corrected chi connectivity index (χ3v) is 3.01. The summed E-state index contributed by atoms with van der Waals surface area (Å²) in [6, 6.07) is 0. The van der Waals surface area contributed by atoms with Crippen molar-refractivity contribution in [2.45, 2.75) is 40.2 Å². The zero-order valence-corrected chi connectivity index (χ0v) is 10.2. The number of hydrogen-bond donors (Lipinski definition) is 1. The molecule has 1 heterocycles. The van der Waals surface area contributed by atoms with Crippen molar-refractivity contribution >= 4 is 5.97 Å². The van der Waals surface area contributed by atoms with E-state index in [9.17, 15) is 4.79 Å². The summed E-state index contributed by atoms with van der Waals surface area (Å²) < 4.78 is 2.10. The van der Waals surface area contributed by atoms with Crippen molar-refractivity contribution in [3.05, 3.63) is 18.2 Å². The van der Waals surface area contributed by atoms with Crippen LogP contribution in [0.5, 0.6) is 0 Å². The maximum absolute atomic E-state index is 10.9. The highest BCUT2D eigenvalue weighted by Gasteiger charge is 2.21. The van der Waals surface area contributed by atoms with Gasteiger partial charge in [-0.15, -0.1) is 0 Å². The van der Waals surface area contributed by atoms with E-state index in [-0.39, 0.29) is 11.8 Å². The Kier molecular flexibility index (Phi) is 4.52. The second kappa shape index (κ2) is 5.68. The fourth-order valence-corrected chi connectivity index (χ4v) is 1.68. The summed E-state index contributed by atoms with van der Waals surface area (Å²) in [5, 5.41) is 8.93. The Balaban J connectivity index is 2.65. The first-order chi connectivity index (χ1) is 7.56. The van der Waals surface area contributed by atoms with Gasteiger partial charge in [-0.25, -0.2) is 4.98 Å². The highest BCUT2D eigenvalue weighted by atomic mass is 16.4.